The Bertz CT molecular complexity index is 2000. The van der Waals surface area contributed by atoms with Crippen molar-refractivity contribution in [2.75, 3.05) is 13.7 Å². The van der Waals surface area contributed by atoms with E-state index in [-0.39, 0.29) is 5.56 Å². The van der Waals surface area contributed by atoms with Gasteiger partial charge < -0.3 is 9.47 Å². The van der Waals surface area contributed by atoms with Gasteiger partial charge >= 0.3 is 0 Å². The normalized spacial score (nSPS) is 12.0. The second-order valence-corrected chi connectivity index (χ2v) is 11.3. The highest BCUT2D eigenvalue weighted by Crippen LogP contribution is 2.29. The van der Waals surface area contributed by atoms with E-state index in [1.165, 1.54) is 15.9 Å². The number of fused-ring (bicyclic) bond motifs is 1. The molecule has 0 saturated heterocycles. The molecule has 0 N–H and O–H groups in total. The molecule has 0 fully saturated rings. The van der Waals surface area contributed by atoms with Crippen LogP contribution in [0.4, 0.5) is 0 Å². The van der Waals surface area contributed by atoms with Crippen molar-refractivity contribution < 1.29 is 9.47 Å². The summed E-state index contributed by atoms with van der Waals surface area (Å²) in [6.07, 6.45) is 8.37. The minimum atomic E-state index is -0.226. The number of halogens is 1. The summed E-state index contributed by atoms with van der Waals surface area (Å²) in [6, 6.07) is 23.5. The van der Waals surface area contributed by atoms with E-state index in [2.05, 4.69) is 32.9 Å². The molecule has 6 aromatic rings. The van der Waals surface area contributed by atoms with Gasteiger partial charge in [-0.25, -0.2) is 4.68 Å². The summed E-state index contributed by atoms with van der Waals surface area (Å²) in [5.41, 5.74) is 4.15. The number of ether oxygens (including phenoxy) is 2. The third kappa shape index (κ3) is 5.77. The van der Waals surface area contributed by atoms with Crippen LogP contribution in [0, 0.1) is 0 Å². The first-order valence-electron chi connectivity index (χ1n) is 13.3. The van der Waals surface area contributed by atoms with E-state index in [9.17, 15) is 4.79 Å². The molecule has 3 heterocycles. The van der Waals surface area contributed by atoms with E-state index >= 15 is 0 Å². The van der Waals surface area contributed by atoms with E-state index in [1.54, 1.807) is 13.2 Å². The van der Waals surface area contributed by atoms with E-state index in [4.69, 9.17) is 14.6 Å². The fourth-order valence-corrected chi connectivity index (χ4v) is 5.56. The largest absolute Gasteiger partial charge is 0.493 e. The number of benzene rings is 3. The minimum Gasteiger partial charge on any atom is -0.493 e. The number of methoxy groups -OCH3 is 1. The molecule has 8 nitrogen and oxygen atoms in total. The van der Waals surface area contributed by atoms with Crippen molar-refractivity contribution in [1.82, 2.24) is 24.4 Å². The van der Waals surface area contributed by atoms with Crippen LogP contribution in [0.15, 0.2) is 88.3 Å². The molecule has 0 aliphatic rings. The van der Waals surface area contributed by atoms with Crippen LogP contribution in [0.25, 0.3) is 40.1 Å². The molecule has 0 saturated carbocycles. The molecule has 10 heteroatoms. The van der Waals surface area contributed by atoms with Crippen LogP contribution in [0.1, 0.15) is 30.3 Å². The molecule has 3 aromatic carbocycles. The predicted molar refractivity (Wildman–Crippen MR) is 170 cm³/mol. The maximum absolute atomic E-state index is 13.3. The van der Waals surface area contributed by atoms with Crippen molar-refractivity contribution in [3.63, 3.8) is 0 Å². The number of rotatable bonds is 9. The van der Waals surface area contributed by atoms with Crippen LogP contribution >= 0.6 is 27.3 Å². The zero-order valence-corrected chi connectivity index (χ0v) is 25.3. The lowest BCUT2D eigenvalue weighted by Gasteiger charge is -2.10. The van der Waals surface area contributed by atoms with Gasteiger partial charge in [0.25, 0.3) is 5.56 Å². The summed E-state index contributed by atoms with van der Waals surface area (Å²) < 4.78 is 15.9. The average molecular weight is 641 g/mol. The average Bonchev–Trinajstić information content (AvgIpc) is 3.70. The van der Waals surface area contributed by atoms with Gasteiger partial charge in [0, 0.05) is 21.8 Å². The summed E-state index contributed by atoms with van der Waals surface area (Å²) in [6.45, 7) is 2.68. The van der Waals surface area contributed by atoms with Crippen molar-refractivity contribution >= 4 is 50.5 Å². The third-order valence-corrected chi connectivity index (χ3v) is 7.93. The fourth-order valence-electron chi connectivity index (χ4n) is 4.39. The lowest BCUT2D eigenvalue weighted by atomic mass is 10.1. The fraction of sp³-hybridized carbons (Fsp3) is 0.125. The van der Waals surface area contributed by atoms with Gasteiger partial charge in [-0.15, -0.1) is 5.10 Å². The number of para-hydroxylation sites is 1. The molecule has 0 unspecified atom stereocenters. The van der Waals surface area contributed by atoms with Gasteiger partial charge in [0.05, 0.1) is 29.6 Å². The predicted octanol–water partition coefficient (Wildman–Crippen LogP) is 6.28. The van der Waals surface area contributed by atoms with Crippen molar-refractivity contribution in [1.29, 1.82) is 0 Å². The Morgan fingerprint density at radius 1 is 0.976 bits per heavy atom. The van der Waals surface area contributed by atoms with Gasteiger partial charge in [-0.1, -0.05) is 76.7 Å². The molecule has 0 amide bonds. The van der Waals surface area contributed by atoms with Crippen LogP contribution in [0.5, 0.6) is 11.5 Å². The topological polar surface area (TPSA) is 83.5 Å². The Labute approximate surface area is 254 Å². The molecular formula is C32H26BrN5O3S. The molecule has 3 aromatic heterocycles. The number of hydrogen-bond acceptors (Lipinski definition) is 7. The Hall–Kier alpha value is -4.54. The third-order valence-electron chi connectivity index (χ3n) is 6.44. The number of hydrogen-bond donors (Lipinski definition) is 0. The minimum absolute atomic E-state index is 0.226. The van der Waals surface area contributed by atoms with Crippen LogP contribution in [0.3, 0.4) is 0 Å². The van der Waals surface area contributed by atoms with E-state index in [1.807, 2.05) is 95.8 Å². The monoisotopic (exact) mass is 639 g/mol. The van der Waals surface area contributed by atoms with Crippen molar-refractivity contribution in [3.8, 4) is 28.4 Å². The number of aromatic nitrogens is 5. The molecule has 0 atom stereocenters. The molecule has 42 heavy (non-hydrogen) atoms. The number of nitrogens with zero attached hydrogens (tertiary/aromatic N) is 5. The van der Waals surface area contributed by atoms with Crippen LogP contribution in [0.2, 0.25) is 0 Å². The molecule has 210 valence electrons. The van der Waals surface area contributed by atoms with Crippen molar-refractivity contribution in [2.24, 2.45) is 0 Å². The molecule has 0 bridgehead atoms. The SMILES string of the molecule is CCCOc1ccc(/C=C/c2nc3s/c(=C\c4cn(-c5ccccc5)nc4-c4ccc(Br)cc4)c(=O)n3n2)cc1OC. The number of thiazole rings is 1. The highest BCUT2D eigenvalue weighted by Gasteiger charge is 2.14. The van der Waals surface area contributed by atoms with Crippen LogP contribution in [-0.2, 0) is 0 Å². The van der Waals surface area contributed by atoms with Gasteiger partial charge in [-0.05, 0) is 60.5 Å². The zero-order chi connectivity index (χ0) is 29.1. The van der Waals surface area contributed by atoms with Gasteiger partial charge in [0.15, 0.2) is 17.3 Å². The van der Waals surface area contributed by atoms with Gasteiger partial charge in [0.1, 0.15) is 0 Å². The molecule has 6 rings (SSSR count). The lowest BCUT2D eigenvalue weighted by molar-refractivity contribution is 0.294. The Morgan fingerprint density at radius 2 is 1.79 bits per heavy atom. The maximum atomic E-state index is 13.3. The Balaban J connectivity index is 1.33. The summed E-state index contributed by atoms with van der Waals surface area (Å²) in [7, 11) is 1.62. The maximum Gasteiger partial charge on any atom is 0.291 e. The summed E-state index contributed by atoms with van der Waals surface area (Å²) in [4.78, 5) is 18.4. The van der Waals surface area contributed by atoms with E-state index < -0.39 is 0 Å². The smallest absolute Gasteiger partial charge is 0.291 e. The Kier molecular flexibility index (Phi) is 7.98. The highest BCUT2D eigenvalue weighted by atomic mass is 79.9. The zero-order valence-electron chi connectivity index (χ0n) is 22.9. The highest BCUT2D eigenvalue weighted by molar-refractivity contribution is 9.10. The van der Waals surface area contributed by atoms with Crippen LogP contribution < -0.4 is 19.6 Å². The summed E-state index contributed by atoms with van der Waals surface area (Å²) in [5.74, 6) is 1.81. The van der Waals surface area contributed by atoms with Crippen molar-refractivity contribution in [3.05, 3.63) is 115 Å². The Morgan fingerprint density at radius 3 is 2.52 bits per heavy atom. The first-order chi connectivity index (χ1) is 20.5. The quantitative estimate of drug-likeness (QED) is 0.185. The van der Waals surface area contributed by atoms with Crippen LogP contribution in [-0.4, -0.2) is 38.1 Å². The van der Waals surface area contributed by atoms with Crippen molar-refractivity contribution in [2.45, 2.75) is 13.3 Å². The van der Waals surface area contributed by atoms with Gasteiger partial charge in [-0.2, -0.15) is 14.6 Å². The molecular weight excluding hydrogens is 614 g/mol. The van der Waals surface area contributed by atoms with E-state index in [0.717, 1.165) is 39.0 Å². The summed E-state index contributed by atoms with van der Waals surface area (Å²) >= 11 is 4.79. The first kappa shape index (κ1) is 27.6. The second-order valence-electron chi connectivity index (χ2n) is 9.39. The molecule has 0 aliphatic heterocycles. The molecule has 0 aliphatic carbocycles. The van der Waals surface area contributed by atoms with Gasteiger partial charge in [0.2, 0.25) is 4.96 Å². The first-order valence-corrected chi connectivity index (χ1v) is 14.9. The molecule has 0 spiro atoms. The van der Waals surface area contributed by atoms with Gasteiger partial charge in [-0.3, -0.25) is 4.79 Å². The van der Waals surface area contributed by atoms with E-state index in [0.29, 0.717) is 33.4 Å². The standard InChI is InChI=1S/C32H26BrN5O3S/c1-3-17-41-26-15-9-21(18-27(26)40-2)10-16-29-34-32-38(35-29)31(39)28(42-32)19-23-20-37(25-7-5-4-6-8-25)36-30(23)22-11-13-24(33)14-12-22/h4-16,18-20H,3,17H2,1-2H3/b16-10+,28-19-. The second kappa shape index (κ2) is 12.1. The molecule has 0 radical (unpaired) electrons. The lowest BCUT2D eigenvalue weighted by Crippen LogP contribution is -2.23. The summed E-state index contributed by atoms with van der Waals surface area (Å²) in [5, 5.41) is 9.30.